The van der Waals surface area contributed by atoms with Gasteiger partial charge in [0, 0.05) is 18.7 Å². The number of ether oxygens (including phenoxy) is 1. The van der Waals surface area contributed by atoms with E-state index in [0.29, 0.717) is 24.3 Å². The SMILES string of the molecule is CC(=O)c1cccc(OCC(=O)N2C[C@@H]3CCC[C@@]3(C(=O)O)C2)c1. The average Bonchev–Trinajstić information content (AvgIpc) is 3.11. The van der Waals surface area contributed by atoms with Crippen LogP contribution in [-0.2, 0) is 9.59 Å². The predicted molar refractivity (Wildman–Crippen MR) is 85.9 cm³/mol. The molecule has 3 rings (SSSR count). The number of Topliss-reactive ketones (excluding diaryl/α,β-unsaturated/α-hetero) is 1. The van der Waals surface area contributed by atoms with Crippen LogP contribution in [0.15, 0.2) is 24.3 Å². The molecule has 1 aromatic carbocycles. The Labute approximate surface area is 140 Å². The van der Waals surface area contributed by atoms with Crippen molar-refractivity contribution in [3.05, 3.63) is 29.8 Å². The zero-order chi connectivity index (χ0) is 17.3. The summed E-state index contributed by atoms with van der Waals surface area (Å²) in [5.41, 5.74) is -0.245. The van der Waals surface area contributed by atoms with Crippen LogP contribution < -0.4 is 4.74 Å². The molecule has 6 heteroatoms. The molecule has 0 radical (unpaired) electrons. The monoisotopic (exact) mass is 331 g/mol. The van der Waals surface area contributed by atoms with E-state index in [4.69, 9.17) is 4.74 Å². The van der Waals surface area contributed by atoms with Crippen LogP contribution in [0.5, 0.6) is 5.75 Å². The molecule has 2 atom stereocenters. The smallest absolute Gasteiger partial charge is 0.311 e. The van der Waals surface area contributed by atoms with Crippen LogP contribution in [0.25, 0.3) is 0 Å². The second kappa shape index (κ2) is 6.26. The van der Waals surface area contributed by atoms with Crippen molar-refractivity contribution in [3.8, 4) is 5.75 Å². The van der Waals surface area contributed by atoms with Gasteiger partial charge in [-0.15, -0.1) is 0 Å². The molecule has 1 heterocycles. The molecule has 1 aliphatic heterocycles. The quantitative estimate of drug-likeness (QED) is 0.834. The van der Waals surface area contributed by atoms with E-state index < -0.39 is 11.4 Å². The van der Waals surface area contributed by atoms with Gasteiger partial charge in [-0.05, 0) is 37.8 Å². The number of nitrogens with zero attached hydrogens (tertiary/aromatic N) is 1. The Morgan fingerprint density at radius 1 is 1.38 bits per heavy atom. The summed E-state index contributed by atoms with van der Waals surface area (Å²) in [6.45, 7) is 2.08. The third kappa shape index (κ3) is 2.88. The molecule has 1 saturated heterocycles. The third-order valence-corrected chi connectivity index (χ3v) is 5.25. The number of hydrogen-bond donors (Lipinski definition) is 1. The van der Waals surface area contributed by atoms with E-state index in [0.717, 1.165) is 12.8 Å². The van der Waals surface area contributed by atoms with Crippen molar-refractivity contribution < 1.29 is 24.2 Å². The predicted octanol–water partition coefficient (Wildman–Crippen LogP) is 1.98. The Hall–Kier alpha value is -2.37. The molecular formula is C18H21NO5. The fourth-order valence-corrected chi connectivity index (χ4v) is 3.87. The van der Waals surface area contributed by atoms with E-state index in [1.165, 1.54) is 6.92 Å². The second-order valence-corrected chi connectivity index (χ2v) is 6.70. The number of carboxylic acids is 1. The van der Waals surface area contributed by atoms with E-state index in [1.807, 2.05) is 0 Å². The van der Waals surface area contributed by atoms with E-state index in [1.54, 1.807) is 29.2 Å². The lowest BCUT2D eigenvalue weighted by Gasteiger charge is -2.23. The number of benzene rings is 1. The fraction of sp³-hybridized carbons (Fsp3) is 0.500. The Morgan fingerprint density at radius 2 is 2.17 bits per heavy atom. The van der Waals surface area contributed by atoms with Gasteiger partial charge in [0.25, 0.3) is 5.91 Å². The van der Waals surface area contributed by atoms with Crippen molar-refractivity contribution in [1.29, 1.82) is 0 Å². The van der Waals surface area contributed by atoms with Crippen molar-refractivity contribution in [2.75, 3.05) is 19.7 Å². The number of carboxylic acid groups (broad SMARTS) is 1. The van der Waals surface area contributed by atoms with Crippen LogP contribution in [-0.4, -0.2) is 47.4 Å². The number of rotatable bonds is 5. The Morgan fingerprint density at radius 3 is 2.83 bits per heavy atom. The van der Waals surface area contributed by atoms with Gasteiger partial charge in [-0.2, -0.15) is 0 Å². The van der Waals surface area contributed by atoms with Gasteiger partial charge in [0.05, 0.1) is 5.41 Å². The fourth-order valence-electron chi connectivity index (χ4n) is 3.87. The summed E-state index contributed by atoms with van der Waals surface area (Å²) < 4.78 is 5.50. The van der Waals surface area contributed by atoms with Gasteiger partial charge in [-0.1, -0.05) is 18.6 Å². The van der Waals surface area contributed by atoms with Crippen molar-refractivity contribution in [2.24, 2.45) is 11.3 Å². The van der Waals surface area contributed by atoms with Crippen LogP contribution in [0.1, 0.15) is 36.5 Å². The highest BCUT2D eigenvalue weighted by atomic mass is 16.5. The van der Waals surface area contributed by atoms with Gasteiger partial charge in [0.2, 0.25) is 0 Å². The number of likely N-dealkylation sites (tertiary alicyclic amines) is 1. The van der Waals surface area contributed by atoms with Crippen LogP contribution >= 0.6 is 0 Å². The molecule has 2 fully saturated rings. The maximum atomic E-state index is 12.4. The average molecular weight is 331 g/mol. The maximum absolute atomic E-state index is 12.4. The van der Waals surface area contributed by atoms with E-state index in [9.17, 15) is 19.5 Å². The van der Waals surface area contributed by atoms with Crippen LogP contribution in [0, 0.1) is 11.3 Å². The van der Waals surface area contributed by atoms with E-state index in [-0.39, 0.29) is 30.8 Å². The number of hydrogen-bond acceptors (Lipinski definition) is 4. The lowest BCUT2D eigenvalue weighted by Crippen LogP contribution is -2.38. The molecule has 24 heavy (non-hydrogen) atoms. The van der Waals surface area contributed by atoms with E-state index >= 15 is 0 Å². The first kappa shape index (κ1) is 16.5. The number of ketones is 1. The maximum Gasteiger partial charge on any atom is 0.311 e. The number of aliphatic carboxylic acids is 1. The largest absolute Gasteiger partial charge is 0.484 e. The summed E-state index contributed by atoms with van der Waals surface area (Å²) in [4.78, 5) is 37.0. The van der Waals surface area contributed by atoms with Crippen molar-refractivity contribution >= 4 is 17.7 Å². The Bertz CT molecular complexity index is 686. The first-order valence-electron chi connectivity index (χ1n) is 8.17. The normalized spacial score (nSPS) is 25.4. The first-order chi connectivity index (χ1) is 11.4. The van der Waals surface area contributed by atoms with Crippen LogP contribution in [0.2, 0.25) is 0 Å². The third-order valence-electron chi connectivity index (χ3n) is 5.25. The van der Waals surface area contributed by atoms with Crippen molar-refractivity contribution in [3.63, 3.8) is 0 Å². The van der Waals surface area contributed by atoms with Gasteiger partial charge >= 0.3 is 5.97 Å². The molecule has 0 aromatic heterocycles. The molecule has 0 unspecified atom stereocenters. The molecule has 1 aliphatic carbocycles. The highest BCUT2D eigenvalue weighted by Crippen LogP contribution is 2.48. The van der Waals surface area contributed by atoms with E-state index in [2.05, 4.69) is 0 Å². The first-order valence-corrected chi connectivity index (χ1v) is 8.17. The van der Waals surface area contributed by atoms with Gasteiger partial charge in [0.1, 0.15) is 5.75 Å². The topological polar surface area (TPSA) is 83.9 Å². The van der Waals surface area contributed by atoms with Crippen LogP contribution in [0.4, 0.5) is 0 Å². The minimum atomic E-state index is -0.796. The molecular weight excluding hydrogens is 310 g/mol. The highest BCUT2D eigenvalue weighted by molar-refractivity contribution is 5.94. The van der Waals surface area contributed by atoms with Crippen molar-refractivity contribution in [1.82, 2.24) is 4.90 Å². The molecule has 2 aliphatic rings. The molecule has 0 bridgehead atoms. The molecule has 128 valence electrons. The second-order valence-electron chi connectivity index (χ2n) is 6.70. The minimum Gasteiger partial charge on any atom is -0.484 e. The minimum absolute atomic E-state index is 0.0417. The summed E-state index contributed by atoms with van der Waals surface area (Å²) in [7, 11) is 0. The Balaban J connectivity index is 1.61. The van der Waals surface area contributed by atoms with Gasteiger partial charge in [0.15, 0.2) is 12.4 Å². The Kier molecular flexibility index (Phi) is 4.30. The summed E-state index contributed by atoms with van der Waals surface area (Å²) in [6.07, 6.45) is 2.41. The summed E-state index contributed by atoms with van der Waals surface area (Å²) in [5, 5.41) is 9.56. The van der Waals surface area contributed by atoms with Gasteiger partial charge in [-0.25, -0.2) is 0 Å². The number of carbonyl (C=O) groups excluding carboxylic acids is 2. The van der Waals surface area contributed by atoms with Gasteiger partial charge in [-0.3, -0.25) is 14.4 Å². The summed E-state index contributed by atoms with van der Waals surface area (Å²) in [5.74, 6) is -0.570. The molecule has 6 nitrogen and oxygen atoms in total. The molecule has 1 saturated carbocycles. The van der Waals surface area contributed by atoms with Gasteiger partial charge < -0.3 is 14.7 Å². The summed E-state index contributed by atoms with van der Waals surface area (Å²) in [6, 6.07) is 6.69. The molecule has 1 N–H and O–H groups in total. The zero-order valence-electron chi connectivity index (χ0n) is 13.7. The molecule has 1 amide bonds. The number of carbonyl (C=O) groups is 3. The zero-order valence-corrected chi connectivity index (χ0v) is 13.7. The molecule has 0 spiro atoms. The lowest BCUT2D eigenvalue weighted by atomic mass is 9.81. The number of fused-ring (bicyclic) bond motifs is 1. The van der Waals surface area contributed by atoms with Crippen molar-refractivity contribution in [2.45, 2.75) is 26.2 Å². The lowest BCUT2D eigenvalue weighted by molar-refractivity contribution is -0.149. The standard InChI is InChI=1S/C18H21NO5/c1-12(20)13-4-2-6-15(8-13)24-10-16(21)19-9-14-5-3-7-18(14,11-19)17(22)23/h2,4,6,8,14H,3,5,7,9-11H2,1H3,(H,22,23)/t14-,18+/m0/s1. The summed E-state index contributed by atoms with van der Waals surface area (Å²) >= 11 is 0. The molecule has 1 aromatic rings. The number of amides is 1. The van der Waals surface area contributed by atoms with Crippen LogP contribution in [0.3, 0.4) is 0 Å². The highest BCUT2D eigenvalue weighted by Gasteiger charge is 2.55.